The second-order valence-corrected chi connectivity index (χ2v) is 9.10. The molecule has 172 valence electrons. The van der Waals surface area contributed by atoms with Gasteiger partial charge in [-0.1, -0.05) is 61.0 Å². The minimum Gasteiger partial charge on any atom is -0.322 e. The second kappa shape index (κ2) is 11.3. The van der Waals surface area contributed by atoms with Crippen molar-refractivity contribution in [2.75, 3.05) is 31.5 Å². The molecular formula is C29H35N3O. The largest absolute Gasteiger partial charge is 0.322 e. The van der Waals surface area contributed by atoms with Crippen molar-refractivity contribution in [3.8, 4) is 0 Å². The molecule has 0 spiro atoms. The van der Waals surface area contributed by atoms with Crippen LogP contribution in [0.4, 0.5) is 5.69 Å². The molecule has 0 radical (unpaired) electrons. The van der Waals surface area contributed by atoms with Crippen LogP contribution < -0.4 is 5.32 Å². The monoisotopic (exact) mass is 441 g/mol. The topological polar surface area (TPSA) is 35.6 Å². The highest BCUT2D eigenvalue weighted by Crippen LogP contribution is 2.15. The zero-order valence-electron chi connectivity index (χ0n) is 19.9. The summed E-state index contributed by atoms with van der Waals surface area (Å²) in [5, 5.41) is 2.99. The summed E-state index contributed by atoms with van der Waals surface area (Å²) < 4.78 is 0. The lowest BCUT2D eigenvalue weighted by molar-refractivity contribution is 0.102. The van der Waals surface area contributed by atoms with Crippen LogP contribution in [0.25, 0.3) is 0 Å². The highest BCUT2D eigenvalue weighted by atomic mass is 16.1. The summed E-state index contributed by atoms with van der Waals surface area (Å²) in [6.07, 6.45) is 2.18. The Bertz CT molecular complexity index is 1040. The average molecular weight is 442 g/mol. The molecule has 0 atom stereocenters. The molecule has 0 saturated carbocycles. The molecule has 1 heterocycles. The van der Waals surface area contributed by atoms with Crippen molar-refractivity contribution in [1.29, 1.82) is 0 Å². The van der Waals surface area contributed by atoms with Gasteiger partial charge in [-0.05, 0) is 73.8 Å². The molecule has 4 heteroatoms. The Labute approximate surface area is 198 Å². The fourth-order valence-corrected chi connectivity index (χ4v) is 4.46. The van der Waals surface area contributed by atoms with E-state index in [1.165, 1.54) is 28.7 Å². The number of hydrogen-bond donors (Lipinski definition) is 1. The minimum absolute atomic E-state index is 0.0626. The first-order valence-corrected chi connectivity index (χ1v) is 12.1. The van der Waals surface area contributed by atoms with E-state index in [1.807, 2.05) is 24.3 Å². The molecule has 1 aliphatic rings. The van der Waals surface area contributed by atoms with Crippen LogP contribution in [0.3, 0.4) is 0 Å². The number of hydrogen-bond acceptors (Lipinski definition) is 3. The lowest BCUT2D eigenvalue weighted by atomic mass is 10.1. The lowest BCUT2D eigenvalue weighted by Crippen LogP contribution is -2.30. The molecule has 4 nitrogen and oxygen atoms in total. The van der Waals surface area contributed by atoms with Crippen molar-refractivity contribution < 1.29 is 4.79 Å². The van der Waals surface area contributed by atoms with Gasteiger partial charge in [0.05, 0.1) is 0 Å². The summed E-state index contributed by atoms with van der Waals surface area (Å²) in [6, 6.07) is 24.9. The van der Waals surface area contributed by atoms with Gasteiger partial charge in [-0.3, -0.25) is 14.6 Å². The van der Waals surface area contributed by atoms with E-state index in [1.54, 1.807) is 0 Å². The van der Waals surface area contributed by atoms with Gasteiger partial charge in [0.25, 0.3) is 5.91 Å². The number of anilines is 1. The quantitative estimate of drug-likeness (QED) is 0.525. The second-order valence-electron chi connectivity index (χ2n) is 9.10. The smallest absolute Gasteiger partial charge is 0.255 e. The Morgan fingerprint density at radius 2 is 1.42 bits per heavy atom. The zero-order chi connectivity index (χ0) is 23.0. The van der Waals surface area contributed by atoms with E-state index in [2.05, 4.69) is 77.5 Å². The first kappa shape index (κ1) is 23.2. The van der Waals surface area contributed by atoms with Gasteiger partial charge in [-0.25, -0.2) is 0 Å². The van der Waals surface area contributed by atoms with E-state index in [0.29, 0.717) is 5.56 Å². The van der Waals surface area contributed by atoms with E-state index in [-0.39, 0.29) is 5.91 Å². The molecule has 3 aromatic carbocycles. The summed E-state index contributed by atoms with van der Waals surface area (Å²) in [7, 11) is 0. The molecule has 33 heavy (non-hydrogen) atoms. The van der Waals surface area contributed by atoms with Crippen LogP contribution in [-0.2, 0) is 19.5 Å². The molecule has 1 N–H and O–H groups in total. The third-order valence-electron chi connectivity index (χ3n) is 6.41. The molecule has 4 rings (SSSR count). The van der Waals surface area contributed by atoms with Crippen LogP contribution in [0.2, 0.25) is 0 Å². The first-order valence-electron chi connectivity index (χ1n) is 12.1. The van der Waals surface area contributed by atoms with Gasteiger partial charge in [0.2, 0.25) is 0 Å². The number of nitrogens with one attached hydrogen (secondary N) is 1. The van der Waals surface area contributed by atoms with Crippen LogP contribution >= 0.6 is 0 Å². The number of nitrogens with zero attached hydrogens (tertiary/aromatic N) is 2. The van der Waals surface area contributed by atoms with Crippen molar-refractivity contribution in [3.63, 3.8) is 0 Å². The molecule has 1 amide bonds. The Balaban J connectivity index is 1.28. The Morgan fingerprint density at radius 3 is 2.06 bits per heavy atom. The van der Waals surface area contributed by atoms with E-state index in [4.69, 9.17) is 0 Å². The standard InChI is InChI=1S/C29H35N3O/c1-3-24-10-14-28(15-11-24)30-29(33)27-12-8-25(9-13-27)21-31-16-5-17-32(19-18-31)22-26-7-4-6-23(2)20-26/h4,6-15,20H,3,5,16-19,21-22H2,1-2H3,(H,30,33). The predicted molar refractivity (Wildman–Crippen MR) is 137 cm³/mol. The highest BCUT2D eigenvalue weighted by Gasteiger charge is 2.16. The zero-order valence-corrected chi connectivity index (χ0v) is 19.9. The normalized spacial score (nSPS) is 15.2. The summed E-state index contributed by atoms with van der Waals surface area (Å²) in [5.41, 5.74) is 6.78. The summed E-state index contributed by atoms with van der Waals surface area (Å²) in [4.78, 5) is 17.7. The molecule has 0 bridgehead atoms. The molecule has 0 aromatic heterocycles. The van der Waals surface area contributed by atoms with E-state index in [9.17, 15) is 4.79 Å². The van der Waals surface area contributed by atoms with Crippen LogP contribution in [-0.4, -0.2) is 41.9 Å². The predicted octanol–water partition coefficient (Wildman–Crippen LogP) is 5.52. The fraction of sp³-hybridized carbons (Fsp3) is 0.345. The van der Waals surface area contributed by atoms with Gasteiger partial charge in [0, 0.05) is 37.4 Å². The van der Waals surface area contributed by atoms with Crippen molar-refractivity contribution >= 4 is 11.6 Å². The van der Waals surface area contributed by atoms with Gasteiger partial charge in [-0.15, -0.1) is 0 Å². The number of aryl methyl sites for hydroxylation is 2. The van der Waals surface area contributed by atoms with E-state index < -0.39 is 0 Å². The number of amides is 1. The van der Waals surface area contributed by atoms with Gasteiger partial charge in [0.15, 0.2) is 0 Å². The molecule has 1 aliphatic heterocycles. The first-order chi connectivity index (χ1) is 16.1. The third kappa shape index (κ3) is 6.77. The Morgan fingerprint density at radius 1 is 0.788 bits per heavy atom. The van der Waals surface area contributed by atoms with Crippen molar-refractivity contribution in [2.24, 2.45) is 0 Å². The molecular weight excluding hydrogens is 406 g/mol. The van der Waals surface area contributed by atoms with Crippen LogP contribution in [0.5, 0.6) is 0 Å². The number of rotatable bonds is 7. The Hall–Kier alpha value is -2.95. The Kier molecular flexibility index (Phi) is 7.92. The number of benzene rings is 3. The van der Waals surface area contributed by atoms with Crippen molar-refractivity contribution in [2.45, 2.75) is 39.8 Å². The molecule has 1 saturated heterocycles. The van der Waals surface area contributed by atoms with Crippen LogP contribution in [0.15, 0.2) is 72.8 Å². The van der Waals surface area contributed by atoms with Crippen molar-refractivity contribution in [3.05, 3.63) is 101 Å². The molecule has 3 aromatic rings. The van der Waals surface area contributed by atoms with Gasteiger partial charge in [0.1, 0.15) is 0 Å². The van der Waals surface area contributed by atoms with E-state index >= 15 is 0 Å². The van der Waals surface area contributed by atoms with Crippen molar-refractivity contribution in [1.82, 2.24) is 9.80 Å². The number of carbonyl (C=O) groups excluding carboxylic acids is 1. The molecule has 1 fully saturated rings. The van der Waals surface area contributed by atoms with Crippen LogP contribution in [0.1, 0.15) is 46.0 Å². The molecule has 0 unspecified atom stereocenters. The minimum atomic E-state index is -0.0626. The summed E-state index contributed by atoms with van der Waals surface area (Å²) in [6.45, 7) is 10.7. The number of carbonyl (C=O) groups is 1. The SMILES string of the molecule is CCc1ccc(NC(=O)c2ccc(CN3CCCN(Cc4cccc(C)c4)CC3)cc2)cc1. The van der Waals surface area contributed by atoms with Gasteiger partial charge >= 0.3 is 0 Å². The molecule has 0 aliphatic carbocycles. The summed E-state index contributed by atoms with van der Waals surface area (Å²) >= 11 is 0. The highest BCUT2D eigenvalue weighted by molar-refractivity contribution is 6.04. The fourth-order valence-electron chi connectivity index (χ4n) is 4.46. The maximum Gasteiger partial charge on any atom is 0.255 e. The average Bonchev–Trinajstić information content (AvgIpc) is 3.05. The van der Waals surface area contributed by atoms with Gasteiger partial charge in [-0.2, -0.15) is 0 Å². The van der Waals surface area contributed by atoms with Gasteiger partial charge < -0.3 is 5.32 Å². The van der Waals surface area contributed by atoms with E-state index in [0.717, 1.165) is 51.4 Å². The summed E-state index contributed by atoms with van der Waals surface area (Å²) in [5.74, 6) is -0.0626. The maximum atomic E-state index is 12.6. The lowest BCUT2D eigenvalue weighted by Gasteiger charge is -2.22. The maximum absolute atomic E-state index is 12.6. The third-order valence-corrected chi connectivity index (χ3v) is 6.41. The van der Waals surface area contributed by atoms with Crippen LogP contribution in [0, 0.1) is 6.92 Å².